The highest BCUT2D eigenvalue weighted by Crippen LogP contribution is 2.20. The molecule has 146 valence electrons. The number of amides is 1. The second kappa shape index (κ2) is 8.56. The van der Waals surface area contributed by atoms with E-state index in [1.54, 1.807) is 14.0 Å². The van der Waals surface area contributed by atoms with Crippen molar-refractivity contribution in [3.05, 3.63) is 59.5 Å². The van der Waals surface area contributed by atoms with Crippen LogP contribution in [0.5, 0.6) is 11.5 Å². The third kappa shape index (κ3) is 4.88. The number of aryl methyl sites for hydroxylation is 2. The lowest BCUT2D eigenvalue weighted by molar-refractivity contribution is -0.127. The van der Waals surface area contributed by atoms with Crippen LogP contribution in [0.4, 0.5) is 0 Å². The first-order valence-corrected chi connectivity index (χ1v) is 8.94. The van der Waals surface area contributed by atoms with E-state index in [9.17, 15) is 4.79 Å². The molecule has 0 saturated carbocycles. The number of aromatic nitrogens is 2. The van der Waals surface area contributed by atoms with Crippen molar-refractivity contribution in [1.82, 2.24) is 15.5 Å². The molecule has 0 aliphatic carbocycles. The summed E-state index contributed by atoms with van der Waals surface area (Å²) >= 11 is 0. The van der Waals surface area contributed by atoms with Crippen molar-refractivity contribution in [2.75, 3.05) is 7.11 Å². The zero-order valence-electron chi connectivity index (χ0n) is 16.4. The van der Waals surface area contributed by atoms with Crippen LogP contribution in [0.3, 0.4) is 0 Å². The molecule has 1 atom stereocenters. The van der Waals surface area contributed by atoms with Crippen molar-refractivity contribution in [2.45, 2.75) is 33.4 Å². The molecule has 28 heavy (non-hydrogen) atoms. The first-order chi connectivity index (χ1) is 13.4. The number of methoxy groups -OCH3 is 1. The summed E-state index contributed by atoms with van der Waals surface area (Å²) in [7, 11) is 1.61. The largest absolute Gasteiger partial charge is 0.497 e. The van der Waals surface area contributed by atoms with Crippen LogP contribution in [0.1, 0.15) is 23.9 Å². The van der Waals surface area contributed by atoms with Gasteiger partial charge >= 0.3 is 0 Å². The van der Waals surface area contributed by atoms with Crippen LogP contribution >= 0.6 is 0 Å². The molecular weight excluding hydrogens is 358 g/mol. The first-order valence-electron chi connectivity index (χ1n) is 8.94. The smallest absolute Gasteiger partial charge is 0.261 e. The Morgan fingerprint density at radius 3 is 2.43 bits per heavy atom. The predicted octanol–water partition coefficient (Wildman–Crippen LogP) is 3.45. The molecule has 1 heterocycles. The van der Waals surface area contributed by atoms with E-state index in [0.29, 0.717) is 17.5 Å². The Morgan fingerprint density at radius 2 is 1.79 bits per heavy atom. The van der Waals surface area contributed by atoms with E-state index in [4.69, 9.17) is 14.0 Å². The number of hydrogen-bond acceptors (Lipinski definition) is 6. The van der Waals surface area contributed by atoms with E-state index in [0.717, 1.165) is 22.4 Å². The molecule has 0 aliphatic rings. The third-order valence-corrected chi connectivity index (χ3v) is 4.11. The van der Waals surface area contributed by atoms with Crippen LogP contribution in [-0.2, 0) is 11.3 Å². The van der Waals surface area contributed by atoms with Gasteiger partial charge in [-0.2, -0.15) is 4.98 Å². The van der Waals surface area contributed by atoms with Gasteiger partial charge in [0.2, 0.25) is 11.7 Å². The standard InChI is InChI=1S/C21H23N3O4/c1-13-9-14(2)11-18(10-13)27-15(3)21(25)22-12-19-23-20(24-28-19)16-5-7-17(26-4)8-6-16/h5-11,15H,12H2,1-4H3,(H,22,25)/t15-/m0/s1. The number of benzene rings is 2. The van der Waals surface area contributed by atoms with Crippen molar-refractivity contribution < 1.29 is 18.8 Å². The fourth-order valence-corrected chi connectivity index (χ4v) is 2.75. The van der Waals surface area contributed by atoms with Crippen molar-refractivity contribution in [1.29, 1.82) is 0 Å². The Bertz CT molecular complexity index is 930. The molecule has 3 aromatic rings. The van der Waals surface area contributed by atoms with Crippen LogP contribution in [0.25, 0.3) is 11.4 Å². The Balaban J connectivity index is 1.56. The highest BCUT2D eigenvalue weighted by molar-refractivity contribution is 5.80. The number of nitrogens with one attached hydrogen (secondary N) is 1. The summed E-state index contributed by atoms with van der Waals surface area (Å²) in [4.78, 5) is 16.6. The van der Waals surface area contributed by atoms with E-state index >= 15 is 0 Å². The number of carbonyl (C=O) groups is 1. The average molecular weight is 381 g/mol. The topological polar surface area (TPSA) is 86.5 Å². The van der Waals surface area contributed by atoms with Gasteiger partial charge in [-0.15, -0.1) is 0 Å². The van der Waals surface area contributed by atoms with Gasteiger partial charge in [0, 0.05) is 5.56 Å². The molecular formula is C21H23N3O4. The summed E-state index contributed by atoms with van der Waals surface area (Å²) in [5, 5.41) is 6.69. The van der Waals surface area contributed by atoms with Gasteiger partial charge in [-0.1, -0.05) is 11.2 Å². The van der Waals surface area contributed by atoms with Crippen LogP contribution in [-0.4, -0.2) is 29.3 Å². The molecule has 0 saturated heterocycles. The van der Waals surface area contributed by atoms with E-state index in [1.807, 2.05) is 56.3 Å². The van der Waals surface area contributed by atoms with E-state index < -0.39 is 6.10 Å². The molecule has 2 aromatic carbocycles. The van der Waals surface area contributed by atoms with E-state index in [1.165, 1.54) is 0 Å². The molecule has 3 rings (SSSR count). The minimum atomic E-state index is -0.648. The normalized spacial score (nSPS) is 11.7. The monoisotopic (exact) mass is 381 g/mol. The second-order valence-electron chi connectivity index (χ2n) is 6.54. The Labute approximate surface area is 163 Å². The quantitative estimate of drug-likeness (QED) is 0.675. The van der Waals surface area contributed by atoms with Crippen molar-refractivity contribution in [3.8, 4) is 22.9 Å². The average Bonchev–Trinajstić information content (AvgIpc) is 3.14. The number of ether oxygens (including phenoxy) is 2. The maximum absolute atomic E-state index is 12.3. The maximum Gasteiger partial charge on any atom is 0.261 e. The lowest BCUT2D eigenvalue weighted by atomic mass is 10.1. The van der Waals surface area contributed by atoms with Crippen LogP contribution < -0.4 is 14.8 Å². The summed E-state index contributed by atoms with van der Waals surface area (Å²) in [6.07, 6.45) is -0.648. The zero-order valence-corrected chi connectivity index (χ0v) is 16.4. The number of hydrogen-bond donors (Lipinski definition) is 1. The summed E-state index contributed by atoms with van der Waals surface area (Å²) < 4.78 is 16.1. The molecule has 0 radical (unpaired) electrons. The molecule has 1 aromatic heterocycles. The van der Waals surface area contributed by atoms with Gasteiger partial charge in [0.1, 0.15) is 11.5 Å². The maximum atomic E-state index is 12.3. The fourth-order valence-electron chi connectivity index (χ4n) is 2.75. The highest BCUT2D eigenvalue weighted by Gasteiger charge is 2.16. The molecule has 7 heteroatoms. The molecule has 0 spiro atoms. The lowest BCUT2D eigenvalue weighted by Crippen LogP contribution is -2.36. The molecule has 0 unspecified atom stereocenters. The first kappa shape index (κ1) is 19.4. The summed E-state index contributed by atoms with van der Waals surface area (Å²) in [6, 6.07) is 13.2. The molecule has 0 bridgehead atoms. The molecule has 7 nitrogen and oxygen atoms in total. The van der Waals surface area contributed by atoms with Gasteiger partial charge in [0.25, 0.3) is 5.91 Å². The Morgan fingerprint density at radius 1 is 1.11 bits per heavy atom. The predicted molar refractivity (Wildman–Crippen MR) is 104 cm³/mol. The highest BCUT2D eigenvalue weighted by atomic mass is 16.5. The van der Waals surface area contributed by atoms with Crippen LogP contribution in [0, 0.1) is 13.8 Å². The molecule has 1 N–H and O–H groups in total. The minimum absolute atomic E-state index is 0.128. The van der Waals surface area contributed by atoms with Crippen molar-refractivity contribution >= 4 is 5.91 Å². The third-order valence-electron chi connectivity index (χ3n) is 4.11. The van der Waals surface area contributed by atoms with Gasteiger partial charge in [0.15, 0.2) is 6.10 Å². The van der Waals surface area contributed by atoms with Crippen molar-refractivity contribution in [3.63, 3.8) is 0 Å². The van der Waals surface area contributed by atoms with Gasteiger partial charge < -0.3 is 19.3 Å². The van der Waals surface area contributed by atoms with Gasteiger partial charge in [-0.05, 0) is 68.3 Å². The fraction of sp³-hybridized carbons (Fsp3) is 0.286. The zero-order chi connectivity index (χ0) is 20.1. The number of carbonyl (C=O) groups excluding carboxylic acids is 1. The SMILES string of the molecule is COc1ccc(-c2noc(CNC(=O)[C@H](C)Oc3cc(C)cc(C)c3)n2)cc1. The summed E-state index contributed by atoms with van der Waals surface area (Å²) in [5.41, 5.74) is 2.97. The van der Waals surface area contributed by atoms with Crippen LogP contribution in [0.15, 0.2) is 47.0 Å². The number of nitrogens with zero attached hydrogens (tertiary/aromatic N) is 2. The van der Waals surface area contributed by atoms with Gasteiger partial charge in [0.05, 0.1) is 13.7 Å². The lowest BCUT2D eigenvalue weighted by Gasteiger charge is -2.15. The Kier molecular flexibility index (Phi) is 5.93. The van der Waals surface area contributed by atoms with E-state index in [-0.39, 0.29) is 12.5 Å². The minimum Gasteiger partial charge on any atom is -0.497 e. The van der Waals surface area contributed by atoms with Crippen molar-refractivity contribution in [2.24, 2.45) is 0 Å². The molecule has 0 aliphatic heterocycles. The Hall–Kier alpha value is -3.35. The summed E-state index contributed by atoms with van der Waals surface area (Å²) in [5.74, 6) is 1.92. The molecule has 1 amide bonds. The summed E-state index contributed by atoms with van der Waals surface area (Å²) in [6.45, 7) is 5.80. The number of rotatable bonds is 7. The van der Waals surface area contributed by atoms with Gasteiger partial charge in [-0.3, -0.25) is 4.79 Å². The van der Waals surface area contributed by atoms with Crippen LogP contribution in [0.2, 0.25) is 0 Å². The van der Waals surface area contributed by atoms with Gasteiger partial charge in [-0.25, -0.2) is 0 Å². The van der Waals surface area contributed by atoms with E-state index in [2.05, 4.69) is 15.5 Å². The molecule has 0 fully saturated rings. The second-order valence-corrected chi connectivity index (χ2v) is 6.54.